The Morgan fingerprint density at radius 2 is 1.97 bits per heavy atom. The van der Waals surface area contributed by atoms with Crippen LogP contribution in [0.2, 0.25) is 0 Å². The van der Waals surface area contributed by atoms with Gasteiger partial charge < -0.3 is 14.8 Å². The lowest BCUT2D eigenvalue weighted by atomic mass is 10.1. The van der Waals surface area contributed by atoms with Crippen molar-refractivity contribution in [2.75, 3.05) is 23.3 Å². The van der Waals surface area contributed by atoms with Crippen molar-refractivity contribution in [2.45, 2.75) is 5.92 Å². The summed E-state index contributed by atoms with van der Waals surface area (Å²) in [7, 11) is 1.91. The number of nitrogens with one attached hydrogen (secondary N) is 1. The third-order valence-corrected chi connectivity index (χ3v) is 5.12. The van der Waals surface area contributed by atoms with Crippen LogP contribution in [0.5, 0.6) is 0 Å². The lowest BCUT2D eigenvalue weighted by Gasteiger charge is -2.39. The Balaban J connectivity index is 1.37. The van der Waals surface area contributed by atoms with Crippen LogP contribution in [0.3, 0.4) is 0 Å². The van der Waals surface area contributed by atoms with E-state index in [0.29, 0.717) is 16.9 Å². The first kappa shape index (κ1) is 19.0. The Labute approximate surface area is 175 Å². The molecule has 3 aromatic heterocycles. The van der Waals surface area contributed by atoms with Crippen molar-refractivity contribution >= 4 is 28.4 Å². The number of alkyl halides is 2. The van der Waals surface area contributed by atoms with Gasteiger partial charge in [0.15, 0.2) is 5.82 Å². The van der Waals surface area contributed by atoms with Gasteiger partial charge in [0.05, 0.1) is 36.8 Å². The predicted octanol–water partition coefficient (Wildman–Crippen LogP) is 3.13. The predicted molar refractivity (Wildman–Crippen MR) is 111 cm³/mol. The van der Waals surface area contributed by atoms with Gasteiger partial charge in [-0.25, -0.2) is 18.7 Å². The molecule has 1 N–H and O–H groups in total. The van der Waals surface area contributed by atoms with Gasteiger partial charge in [-0.2, -0.15) is 0 Å². The number of hydrogen-bond donors (Lipinski definition) is 1. The molecule has 1 saturated heterocycles. The minimum absolute atomic E-state index is 0.286. The summed E-state index contributed by atoms with van der Waals surface area (Å²) in [6.45, 7) is -0.805. The summed E-state index contributed by atoms with van der Waals surface area (Å²) >= 11 is 0. The molecule has 0 atom stereocenters. The zero-order valence-corrected chi connectivity index (χ0v) is 16.5. The molecule has 10 heteroatoms. The van der Waals surface area contributed by atoms with Crippen molar-refractivity contribution in [3.63, 3.8) is 0 Å². The van der Waals surface area contributed by atoms with E-state index in [4.69, 9.17) is 0 Å². The fourth-order valence-corrected chi connectivity index (χ4v) is 3.50. The van der Waals surface area contributed by atoms with E-state index < -0.39 is 24.9 Å². The number of amides is 1. The highest BCUT2D eigenvalue weighted by atomic mass is 19.3. The maximum atomic E-state index is 13.1. The number of rotatable bonds is 4. The monoisotopic (exact) mass is 421 g/mol. The highest BCUT2D eigenvalue weighted by molar-refractivity contribution is 6.04. The van der Waals surface area contributed by atoms with Crippen molar-refractivity contribution in [2.24, 2.45) is 7.05 Å². The highest BCUT2D eigenvalue weighted by Gasteiger charge is 2.44. The van der Waals surface area contributed by atoms with E-state index >= 15 is 0 Å². The number of imidazole rings is 1. The van der Waals surface area contributed by atoms with E-state index in [1.165, 1.54) is 23.2 Å². The second-order valence-electron chi connectivity index (χ2n) is 7.46. The van der Waals surface area contributed by atoms with Gasteiger partial charge in [-0.1, -0.05) is 6.07 Å². The lowest BCUT2D eigenvalue weighted by Crippen LogP contribution is -2.56. The van der Waals surface area contributed by atoms with Gasteiger partial charge in [-0.15, -0.1) is 10.2 Å². The van der Waals surface area contributed by atoms with Gasteiger partial charge in [0.2, 0.25) is 0 Å². The Bertz CT molecular complexity index is 1300. The van der Waals surface area contributed by atoms with Crippen LogP contribution in [-0.2, 0) is 7.05 Å². The number of aromatic nitrogens is 5. The molecule has 5 rings (SSSR count). The number of carbonyl (C=O) groups is 1. The maximum Gasteiger partial charge on any atom is 0.282 e. The molecule has 31 heavy (non-hydrogen) atoms. The molecule has 1 amide bonds. The Hall–Kier alpha value is -3.95. The molecule has 8 nitrogen and oxygen atoms in total. The van der Waals surface area contributed by atoms with E-state index in [-0.39, 0.29) is 5.82 Å². The van der Waals surface area contributed by atoms with Crippen LogP contribution in [-0.4, -0.2) is 49.7 Å². The number of carbonyl (C=O) groups excluding carboxylic acids is 1. The second-order valence-corrected chi connectivity index (χ2v) is 7.46. The van der Waals surface area contributed by atoms with Gasteiger partial charge in [-0.3, -0.25) is 4.79 Å². The number of nitrogens with zero attached hydrogens (tertiary/aromatic N) is 6. The van der Waals surface area contributed by atoms with Crippen molar-refractivity contribution < 1.29 is 13.6 Å². The normalized spacial score (nSPS) is 15.0. The Morgan fingerprint density at radius 3 is 2.71 bits per heavy atom. The first-order chi connectivity index (χ1) is 14.9. The number of aryl methyl sites for hydroxylation is 1. The average Bonchev–Trinajstić information content (AvgIpc) is 3.17. The van der Waals surface area contributed by atoms with Crippen molar-refractivity contribution in [1.29, 1.82) is 0 Å². The zero-order chi connectivity index (χ0) is 21.6. The zero-order valence-electron chi connectivity index (χ0n) is 16.5. The molecule has 0 unspecified atom stereocenters. The first-order valence-corrected chi connectivity index (χ1v) is 9.52. The molecule has 0 bridgehead atoms. The molecule has 0 spiro atoms. The van der Waals surface area contributed by atoms with Crippen LogP contribution in [0.15, 0.2) is 55.1 Å². The lowest BCUT2D eigenvalue weighted by molar-refractivity contribution is -0.0267. The summed E-state index contributed by atoms with van der Waals surface area (Å²) in [4.78, 5) is 22.3. The summed E-state index contributed by atoms with van der Waals surface area (Å²) < 4.78 is 28.1. The standard InChI is InChI=1S/C21H17F2N7O/c1-29-12-24-9-17(29)13-2-3-16-15(6-13)7-18(28-27-16)26-20(31)14-4-5-25-19(8-14)30-10-21(22,23)11-30/h2-9,12H,10-11H2,1H3,(H,26,28,31). The Kier molecular flexibility index (Phi) is 4.35. The number of pyridine rings is 1. The van der Waals surface area contributed by atoms with Crippen LogP contribution in [0.1, 0.15) is 10.4 Å². The summed E-state index contributed by atoms with van der Waals surface area (Å²) in [5.74, 6) is -2.51. The molecular formula is C21H17F2N7O. The molecule has 0 saturated carbocycles. The fourth-order valence-electron chi connectivity index (χ4n) is 3.50. The fraction of sp³-hybridized carbons (Fsp3) is 0.190. The van der Waals surface area contributed by atoms with Crippen molar-refractivity contribution in [3.8, 4) is 11.3 Å². The molecule has 1 fully saturated rings. The molecule has 1 aliphatic heterocycles. The average molecular weight is 421 g/mol. The van der Waals surface area contributed by atoms with E-state index in [0.717, 1.165) is 16.6 Å². The third kappa shape index (κ3) is 3.67. The van der Waals surface area contributed by atoms with Crippen LogP contribution in [0.4, 0.5) is 20.4 Å². The number of benzene rings is 1. The molecule has 1 aromatic carbocycles. The van der Waals surface area contributed by atoms with Gasteiger partial charge in [0.1, 0.15) is 5.82 Å². The molecule has 4 aromatic rings. The number of hydrogen-bond acceptors (Lipinski definition) is 6. The quantitative estimate of drug-likeness (QED) is 0.545. The number of fused-ring (bicyclic) bond motifs is 1. The SMILES string of the molecule is Cn1cncc1-c1ccc2nnc(NC(=O)c3ccnc(N4CC(F)(F)C4)c3)cc2c1. The van der Waals surface area contributed by atoms with Crippen LogP contribution in [0.25, 0.3) is 22.2 Å². The maximum absolute atomic E-state index is 13.1. The largest absolute Gasteiger partial charge is 0.344 e. The van der Waals surface area contributed by atoms with Gasteiger partial charge >= 0.3 is 0 Å². The third-order valence-electron chi connectivity index (χ3n) is 5.12. The summed E-state index contributed by atoms with van der Waals surface area (Å²) in [5, 5.41) is 11.7. The summed E-state index contributed by atoms with van der Waals surface area (Å²) in [6.07, 6.45) is 4.92. The molecule has 156 valence electrons. The van der Waals surface area contributed by atoms with Gasteiger partial charge in [-0.05, 0) is 30.3 Å². The van der Waals surface area contributed by atoms with Crippen molar-refractivity contribution in [1.82, 2.24) is 24.7 Å². The highest BCUT2D eigenvalue weighted by Crippen LogP contribution is 2.31. The van der Waals surface area contributed by atoms with E-state index in [1.807, 2.05) is 29.8 Å². The molecule has 4 heterocycles. The number of anilines is 2. The minimum Gasteiger partial charge on any atom is -0.344 e. The van der Waals surface area contributed by atoms with Crippen molar-refractivity contribution in [3.05, 3.63) is 60.7 Å². The second kappa shape index (κ2) is 7.08. The van der Waals surface area contributed by atoms with Crippen LogP contribution in [0, 0.1) is 0 Å². The number of halogens is 2. The molecule has 1 aliphatic rings. The summed E-state index contributed by atoms with van der Waals surface area (Å²) in [6, 6.07) is 10.5. The minimum atomic E-state index is -2.71. The van der Waals surface area contributed by atoms with Gasteiger partial charge in [0, 0.05) is 29.8 Å². The smallest absolute Gasteiger partial charge is 0.282 e. The van der Waals surface area contributed by atoms with E-state index in [9.17, 15) is 13.6 Å². The molecule has 0 aliphatic carbocycles. The summed E-state index contributed by atoms with van der Waals surface area (Å²) in [5.41, 5.74) is 2.90. The molecule has 0 radical (unpaired) electrons. The van der Waals surface area contributed by atoms with Gasteiger partial charge in [0.25, 0.3) is 11.8 Å². The first-order valence-electron chi connectivity index (χ1n) is 9.52. The van der Waals surface area contributed by atoms with E-state index in [1.54, 1.807) is 18.6 Å². The topological polar surface area (TPSA) is 88.8 Å². The van der Waals surface area contributed by atoms with Crippen LogP contribution >= 0.6 is 0 Å². The molecular weight excluding hydrogens is 404 g/mol. The van der Waals surface area contributed by atoms with Crippen LogP contribution < -0.4 is 10.2 Å². The Morgan fingerprint density at radius 1 is 1.13 bits per heavy atom. The van der Waals surface area contributed by atoms with E-state index in [2.05, 4.69) is 25.5 Å².